The summed E-state index contributed by atoms with van der Waals surface area (Å²) in [5.74, 6) is -1.12. The quantitative estimate of drug-likeness (QED) is 0.355. The first kappa shape index (κ1) is 23.3. The van der Waals surface area contributed by atoms with Gasteiger partial charge in [0.05, 0.1) is 18.5 Å². The molecule has 0 bridgehead atoms. The molecular formula is C21H20F3N6O3+. The van der Waals surface area contributed by atoms with Crippen LogP contribution in [0.1, 0.15) is 11.1 Å². The summed E-state index contributed by atoms with van der Waals surface area (Å²) >= 11 is 0. The van der Waals surface area contributed by atoms with Gasteiger partial charge in [-0.25, -0.2) is 9.97 Å². The summed E-state index contributed by atoms with van der Waals surface area (Å²) in [5.41, 5.74) is 0.261. The van der Waals surface area contributed by atoms with Crippen molar-refractivity contribution in [2.45, 2.75) is 13.1 Å². The first-order valence-corrected chi connectivity index (χ1v) is 9.38. The van der Waals surface area contributed by atoms with Crippen LogP contribution in [-0.2, 0) is 11.0 Å². The molecule has 0 atom stereocenters. The minimum atomic E-state index is -4.75. The van der Waals surface area contributed by atoms with E-state index in [0.717, 1.165) is 11.6 Å². The van der Waals surface area contributed by atoms with E-state index in [2.05, 4.69) is 37.5 Å². The van der Waals surface area contributed by atoms with Crippen molar-refractivity contribution < 1.29 is 27.8 Å². The Bertz CT molecular complexity index is 1200. The van der Waals surface area contributed by atoms with Crippen molar-refractivity contribution in [3.05, 3.63) is 60.4 Å². The second-order valence-corrected chi connectivity index (χ2v) is 6.72. The van der Waals surface area contributed by atoms with Crippen LogP contribution < -0.4 is 20.7 Å². The zero-order valence-electron chi connectivity index (χ0n) is 17.5. The SMILES string of the molecule is C=CC(=O)Nc1cc(C)ccc1Nc1nc(Nc2cc(OC)ncc2[OH2+])ncc1C(F)(F)F. The second-order valence-electron chi connectivity index (χ2n) is 6.72. The Hall–Kier alpha value is -4.35. The molecule has 3 rings (SSSR count). The number of hydrogen-bond acceptors (Lipinski definition) is 7. The van der Waals surface area contributed by atoms with Crippen LogP contribution in [0, 0.1) is 6.92 Å². The number of benzene rings is 1. The molecule has 0 radical (unpaired) electrons. The number of alkyl halides is 3. The Kier molecular flexibility index (Phi) is 6.66. The number of nitrogens with zero attached hydrogens (tertiary/aromatic N) is 3. The van der Waals surface area contributed by atoms with Gasteiger partial charge in [-0.3, -0.25) is 4.79 Å². The van der Waals surface area contributed by atoms with Gasteiger partial charge in [0.2, 0.25) is 17.7 Å². The van der Waals surface area contributed by atoms with E-state index in [9.17, 15) is 18.0 Å². The third-order valence-corrected chi connectivity index (χ3v) is 4.30. The molecule has 0 aliphatic carbocycles. The second kappa shape index (κ2) is 9.42. The van der Waals surface area contributed by atoms with Crippen molar-refractivity contribution in [2.24, 2.45) is 0 Å². The number of rotatable bonds is 7. The van der Waals surface area contributed by atoms with Gasteiger partial charge in [-0.05, 0) is 30.7 Å². The lowest BCUT2D eigenvalue weighted by molar-refractivity contribution is -0.137. The fourth-order valence-electron chi connectivity index (χ4n) is 2.70. The zero-order chi connectivity index (χ0) is 24.2. The van der Waals surface area contributed by atoms with E-state index in [1.807, 2.05) is 0 Å². The van der Waals surface area contributed by atoms with Crippen LogP contribution in [0.25, 0.3) is 0 Å². The van der Waals surface area contributed by atoms with E-state index in [4.69, 9.17) is 9.84 Å². The number of anilines is 5. The Morgan fingerprint density at radius 2 is 1.88 bits per heavy atom. The number of aromatic nitrogens is 3. The fraction of sp³-hybridized carbons (Fsp3) is 0.143. The van der Waals surface area contributed by atoms with Gasteiger partial charge >= 0.3 is 6.18 Å². The van der Waals surface area contributed by atoms with Crippen molar-refractivity contribution in [1.29, 1.82) is 0 Å². The van der Waals surface area contributed by atoms with Crippen molar-refractivity contribution in [1.82, 2.24) is 15.0 Å². The van der Waals surface area contributed by atoms with E-state index >= 15 is 0 Å². The molecule has 0 saturated carbocycles. The van der Waals surface area contributed by atoms with Crippen molar-refractivity contribution >= 4 is 34.7 Å². The summed E-state index contributed by atoms with van der Waals surface area (Å²) in [6.07, 6.45) is -1.88. The lowest BCUT2D eigenvalue weighted by Crippen LogP contribution is -2.14. The molecule has 1 aromatic carbocycles. The minimum absolute atomic E-state index is 0.0400. The van der Waals surface area contributed by atoms with Crippen molar-refractivity contribution in [3.63, 3.8) is 0 Å². The predicted octanol–water partition coefficient (Wildman–Crippen LogP) is 4.26. The van der Waals surface area contributed by atoms with E-state index in [1.165, 1.54) is 25.4 Å². The van der Waals surface area contributed by atoms with Crippen LogP contribution in [0.3, 0.4) is 0 Å². The largest absolute Gasteiger partial charge is 0.591 e. The molecule has 0 unspecified atom stereocenters. The predicted molar refractivity (Wildman–Crippen MR) is 117 cm³/mol. The molecule has 9 nitrogen and oxygen atoms in total. The number of aryl methyl sites for hydroxylation is 1. The molecule has 1 amide bonds. The van der Waals surface area contributed by atoms with Crippen molar-refractivity contribution in [3.8, 4) is 11.6 Å². The summed E-state index contributed by atoms with van der Waals surface area (Å²) in [6.45, 7) is 5.14. The number of hydrogen-bond donors (Lipinski definition) is 3. The highest BCUT2D eigenvalue weighted by atomic mass is 19.4. The Morgan fingerprint density at radius 1 is 1.12 bits per heavy atom. The van der Waals surface area contributed by atoms with E-state index in [-0.39, 0.29) is 34.6 Å². The molecule has 5 N–H and O–H groups in total. The minimum Gasteiger partial charge on any atom is -0.591 e. The van der Waals surface area contributed by atoms with Gasteiger partial charge in [-0.2, -0.15) is 18.2 Å². The maximum atomic E-state index is 13.6. The van der Waals surface area contributed by atoms with E-state index < -0.39 is 23.5 Å². The van der Waals surface area contributed by atoms with Crippen LogP contribution in [0.2, 0.25) is 0 Å². The van der Waals surface area contributed by atoms with E-state index in [1.54, 1.807) is 19.1 Å². The van der Waals surface area contributed by atoms with Gasteiger partial charge in [0.25, 0.3) is 5.75 Å². The Labute approximate surface area is 186 Å². The monoisotopic (exact) mass is 461 g/mol. The number of amides is 1. The number of methoxy groups -OCH3 is 1. The molecular weight excluding hydrogens is 441 g/mol. The number of halogens is 3. The van der Waals surface area contributed by atoms with Gasteiger partial charge in [0.1, 0.15) is 23.3 Å². The first-order chi connectivity index (χ1) is 15.6. The number of carbonyl (C=O) groups excluding carboxylic acids is 1. The molecule has 0 aliphatic rings. The average Bonchev–Trinajstić information content (AvgIpc) is 2.76. The lowest BCUT2D eigenvalue weighted by Gasteiger charge is -2.17. The van der Waals surface area contributed by atoms with Gasteiger partial charge in [-0.15, -0.1) is 0 Å². The topological polar surface area (TPSA) is 124 Å². The number of pyridine rings is 1. The average molecular weight is 461 g/mol. The van der Waals surface area contributed by atoms with Gasteiger partial charge < -0.3 is 25.8 Å². The third kappa shape index (κ3) is 5.67. The van der Waals surface area contributed by atoms with Crippen LogP contribution in [0.5, 0.6) is 11.6 Å². The molecule has 0 spiro atoms. The summed E-state index contributed by atoms with van der Waals surface area (Å²) in [7, 11) is 1.39. The van der Waals surface area contributed by atoms with Crippen LogP contribution in [-0.4, -0.2) is 33.1 Å². The smallest absolute Gasteiger partial charge is 0.421 e. The standard InChI is InChI=1S/C21H19F3N6O3/c1-4-17(32)27-14-7-11(2)5-6-13(14)28-19-12(21(22,23)24)9-26-20(30-19)29-15-8-18(33-3)25-10-16(15)31/h4-10,31H,1H2,2-3H3,(H,27,32)(H2,25,26,28,29,30)/p+1. The molecule has 2 heterocycles. The van der Waals surface area contributed by atoms with Gasteiger partial charge in [0.15, 0.2) is 0 Å². The first-order valence-electron chi connectivity index (χ1n) is 9.38. The third-order valence-electron chi connectivity index (χ3n) is 4.30. The zero-order valence-corrected chi connectivity index (χ0v) is 17.5. The Balaban J connectivity index is 2.02. The normalized spacial score (nSPS) is 10.9. The molecule has 12 heteroatoms. The maximum Gasteiger partial charge on any atom is 0.421 e. The summed E-state index contributed by atoms with van der Waals surface area (Å²) in [6, 6.07) is 6.15. The summed E-state index contributed by atoms with van der Waals surface area (Å²) in [4.78, 5) is 23.3. The van der Waals surface area contributed by atoms with E-state index in [0.29, 0.717) is 6.20 Å². The molecule has 3 aromatic rings. The van der Waals surface area contributed by atoms with Crippen LogP contribution in [0.15, 0.2) is 49.3 Å². The van der Waals surface area contributed by atoms with Crippen molar-refractivity contribution in [2.75, 3.05) is 23.1 Å². The number of carbonyl (C=O) groups is 1. The number of ether oxygens (including phenoxy) is 1. The molecule has 2 aromatic heterocycles. The molecule has 172 valence electrons. The highest BCUT2D eigenvalue weighted by Crippen LogP contribution is 2.37. The summed E-state index contributed by atoms with van der Waals surface area (Å²) < 4.78 is 45.9. The van der Waals surface area contributed by atoms with Gasteiger partial charge in [0, 0.05) is 12.3 Å². The van der Waals surface area contributed by atoms with Gasteiger partial charge in [-0.1, -0.05) is 12.6 Å². The fourth-order valence-corrected chi connectivity index (χ4v) is 2.70. The summed E-state index contributed by atoms with van der Waals surface area (Å²) in [5, 5.41) is 15.8. The highest BCUT2D eigenvalue weighted by Gasteiger charge is 2.35. The Morgan fingerprint density at radius 3 is 2.55 bits per heavy atom. The lowest BCUT2D eigenvalue weighted by atomic mass is 10.1. The molecule has 33 heavy (non-hydrogen) atoms. The number of nitrogens with one attached hydrogen (secondary N) is 3. The molecule has 0 aliphatic heterocycles. The highest BCUT2D eigenvalue weighted by molar-refractivity contribution is 6.01. The van der Waals surface area contributed by atoms with Crippen LogP contribution in [0.4, 0.5) is 42.0 Å². The molecule has 0 fully saturated rings. The molecule has 0 saturated heterocycles. The van der Waals surface area contributed by atoms with Crippen LogP contribution >= 0.6 is 0 Å². The maximum absolute atomic E-state index is 13.6.